The van der Waals surface area contributed by atoms with Gasteiger partial charge in [0, 0.05) is 56.1 Å². The minimum atomic E-state index is 0.0327. The molecule has 6 nitrogen and oxygen atoms in total. The second-order valence-corrected chi connectivity index (χ2v) is 7.53. The van der Waals surface area contributed by atoms with Crippen LogP contribution in [0.1, 0.15) is 18.4 Å². The van der Waals surface area contributed by atoms with Gasteiger partial charge in [0.1, 0.15) is 5.65 Å². The number of hydrogen-bond donors (Lipinski definition) is 2. The number of likely N-dealkylation sites (N-methyl/N-ethyl adjacent to an activating group) is 1. The van der Waals surface area contributed by atoms with Crippen LogP contribution in [0, 0.1) is 0 Å². The third-order valence-corrected chi connectivity index (χ3v) is 5.77. The van der Waals surface area contributed by atoms with Crippen LogP contribution in [0.2, 0.25) is 0 Å². The lowest BCUT2D eigenvalue weighted by Gasteiger charge is -2.42. The van der Waals surface area contributed by atoms with Crippen LogP contribution in [0.25, 0.3) is 11.0 Å². The van der Waals surface area contributed by atoms with Crippen molar-refractivity contribution < 1.29 is 4.79 Å². The minimum absolute atomic E-state index is 0.0327. The van der Waals surface area contributed by atoms with Crippen LogP contribution in [0.15, 0.2) is 54.9 Å². The van der Waals surface area contributed by atoms with Gasteiger partial charge in [-0.3, -0.25) is 4.79 Å². The van der Waals surface area contributed by atoms with Crippen LogP contribution >= 0.6 is 0 Å². The largest absolute Gasteiger partial charge is 0.368 e. The molecule has 3 N–H and O–H groups in total. The maximum atomic E-state index is 12.8. The van der Waals surface area contributed by atoms with E-state index in [1.807, 2.05) is 47.6 Å². The van der Waals surface area contributed by atoms with Crippen molar-refractivity contribution in [2.75, 3.05) is 25.0 Å². The van der Waals surface area contributed by atoms with E-state index in [1.54, 1.807) is 0 Å². The van der Waals surface area contributed by atoms with E-state index in [9.17, 15) is 4.79 Å². The van der Waals surface area contributed by atoms with Gasteiger partial charge in [0.25, 0.3) is 0 Å². The summed E-state index contributed by atoms with van der Waals surface area (Å²) in [6.07, 6.45) is 5.83. The normalized spacial score (nSPS) is 19.7. The van der Waals surface area contributed by atoms with Crippen LogP contribution in [-0.2, 0) is 11.2 Å². The number of nitrogens with one attached hydrogen (secondary N) is 1. The summed E-state index contributed by atoms with van der Waals surface area (Å²) in [5.74, 6) is 0.204. The van der Waals surface area contributed by atoms with Gasteiger partial charge in [0.05, 0.1) is 6.04 Å². The Morgan fingerprint density at radius 3 is 2.93 bits per heavy atom. The number of likely N-dealkylation sites (tertiary alicyclic amines) is 1. The van der Waals surface area contributed by atoms with Crippen molar-refractivity contribution in [3.8, 4) is 0 Å². The molecule has 0 saturated carbocycles. The maximum Gasteiger partial charge on any atom is 0.222 e. The number of aromatic amines is 1. The Morgan fingerprint density at radius 1 is 1.29 bits per heavy atom. The highest BCUT2D eigenvalue weighted by molar-refractivity contribution is 5.89. The molecule has 1 saturated heterocycles. The van der Waals surface area contributed by atoms with Gasteiger partial charge >= 0.3 is 0 Å². The average molecular weight is 377 g/mol. The first-order chi connectivity index (χ1) is 13.6. The number of carbonyl (C=O) groups excluding carboxylic acids is 1. The van der Waals surface area contributed by atoms with Crippen LogP contribution in [0.5, 0.6) is 0 Å². The Hall–Kier alpha value is -2.86. The molecule has 2 atom stereocenters. The average Bonchev–Trinajstić information content (AvgIpc) is 3.21. The van der Waals surface area contributed by atoms with Gasteiger partial charge in [0.2, 0.25) is 5.91 Å². The molecule has 28 heavy (non-hydrogen) atoms. The molecule has 2 aromatic heterocycles. The molecule has 0 bridgehead atoms. The first-order valence-corrected chi connectivity index (χ1v) is 9.85. The Bertz CT molecular complexity index is 938. The number of amides is 1. The summed E-state index contributed by atoms with van der Waals surface area (Å²) in [7, 11) is 2.06. The Balaban J connectivity index is 1.45. The molecule has 4 rings (SSSR count). The van der Waals surface area contributed by atoms with E-state index in [2.05, 4.69) is 34.0 Å². The summed E-state index contributed by atoms with van der Waals surface area (Å²) < 4.78 is 0. The predicted molar refractivity (Wildman–Crippen MR) is 112 cm³/mol. The molecule has 3 heterocycles. The number of aryl methyl sites for hydroxylation is 1. The highest BCUT2D eigenvalue weighted by Crippen LogP contribution is 2.27. The highest BCUT2D eigenvalue weighted by atomic mass is 16.2. The number of nitrogens with zero attached hydrogens (tertiary/aromatic N) is 3. The van der Waals surface area contributed by atoms with Crippen molar-refractivity contribution in [1.29, 1.82) is 0 Å². The van der Waals surface area contributed by atoms with Gasteiger partial charge in [-0.15, -0.1) is 0 Å². The fraction of sp³-hybridized carbons (Fsp3) is 0.364. The summed E-state index contributed by atoms with van der Waals surface area (Å²) >= 11 is 0. The quantitative estimate of drug-likeness (QED) is 0.716. The fourth-order valence-electron chi connectivity index (χ4n) is 4.07. The first-order valence-electron chi connectivity index (χ1n) is 9.85. The standard InChI is InChI=1S/C22H27N5O/c1-26(19-10-13-25-22-17(19)9-12-24-22)20-15-27(14-11-18(20)23)21(28)8-7-16-5-3-2-4-6-16/h2-6,9-10,12-13,18,20H,7-8,11,14-15,23H2,1H3,(H,24,25)/t18-,20?/m1/s1. The van der Waals surface area contributed by atoms with Crippen LogP contribution in [0.3, 0.4) is 0 Å². The number of nitrogens with two attached hydrogens (primary N) is 1. The number of aromatic nitrogens is 2. The van der Waals surface area contributed by atoms with Gasteiger partial charge in [-0.25, -0.2) is 4.98 Å². The third kappa shape index (κ3) is 3.73. The molecule has 1 aliphatic rings. The number of carbonyl (C=O) groups is 1. The molecular weight excluding hydrogens is 350 g/mol. The molecule has 1 aliphatic heterocycles. The number of piperidine rings is 1. The minimum Gasteiger partial charge on any atom is -0.368 e. The van der Waals surface area contributed by atoms with E-state index in [0.717, 1.165) is 36.1 Å². The molecule has 6 heteroatoms. The predicted octanol–water partition coefficient (Wildman–Crippen LogP) is 2.56. The van der Waals surface area contributed by atoms with E-state index in [4.69, 9.17) is 5.73 Å². The lowest BCUT2D eigenvalue weighted by molar-refractivity contribution is -0.132. The number of hydrogen-bond acceptors (Lipinski definition) is 4. The summed E-state index contributed by atoms with van der Waals surface area (Å²) in [6.45, 7) is 1.38. The zero-order valence-electron chi connectivity index (χ0n) is 16.2. The topological polar surface area (TPSA) is 78.2 Å². The molecule has 146 valence electrons. The molecule has 1 fully saturated rings. The summed E-state index contributed by atoms with van der Waals surface area (Å²) in [4.78, 5) is 24.5. The zero-order valence-corrected chi connectivity index (χ0v) is 16.2. The number of anilines is 1. The molecule has 3 aromatic rings. The van der Waals surface area contributed by atoms with Crippen LogP contribution in [0.4, 0.5) is 5.69 Å². The molecular formula is C22H27N5O. The van der Waals surface area contributed by atoms with Crippen molar-refractivity contribution in [3.63, 3.8) is 0 Å². The molecule has 1 unspecified atom stereocenters. The SMILES string of the molecule is CN(c1ccnc2[nH]ccc12)C1CN(C(=O)CCc2ccccc2)CC[C@H]1N. The number of fused-ring (bicyclic) bond motifs is 1. The molecule has 0 aliphatic carbocycles. The second-order valence-electron chi connectivity index (χ2n) is 7.53. The molecule has 0 spiro atoms. The van der Waals surface area contributed by atoms with Gasteiger partial charge in [0.15, 0.2) is 0 Å². The lowest BCUT2D eigenvalue weighted by atomic mass is 9.97. The smallest absolute Gasteiger partial charge is 0.222 e. The summed E-state index contributed by atoms with van der Waals surface area (Å²) in [5.41, 5.74) is 9.61. The summed E-state index contributed by atoms with van der Waals surface area (Å²) in [5, 5.41) is 1.07. The molecule has 1 aromatic carbocycles. The highest BCUT2D eigenvalue weighted by Gasteiger charge is 2.32. The van der Waals surface area contributed by atoms with E-state index in [1.165, 1.54) is 5.56 Å². The number of rotatable bonds is 5. The van der Waals surface area contributed by atoms with E-state index in [0.29, 0.717) is 13.0 Å². The maximum absolute atomic E-state index is 12.8. The Kier molecular flexibility index (Phi) is 5.30. The molecule has 1 amide bonds. The van der Waals surface area contributed by atoms with Crippen molar-refractivity contribution in [2.45, 2.75) is 31.3 Å². The third-order valence-electron chi connectivity index (χ3n) is 5.77. The van der Waals surface area contributed by atoms with Gasteiger partial charge in [-0.1, -0.05) is 30.3 Å². The second kappa shape index (κ2) is 8.02. The Morgan fingerprint density at radius 2 is 2.11 bits per heavy atom. The van der Waals surface area contributed by atoms with E-state index >= 15 is 0 Å². The number of benzene rings is 1. The van der Waals surface area contributed by atoms with Crippen molar-refractivity contribution in [1.82, 2.24) is 14.9 Å². The van der Waals surface area contributed by atoms with E-state index < -0.39 is 0 Å². The van der Waals surface area contributed by atoms with Crippen LogP contribution < -0.4 is 10.6 Å². The van der Waals surface area contributed by atoms with Crippen molar-refractivity contribution in [2.24, 2.45) is 5.73 Å². The van der Waals surface area contributed by atoms with Gasteiger partial charge in [-0.2, -0.15) is 0 Å². The first kappa shape index (κ1) is 18.5. The van der Waals surface area contributed by atoms with Crippen molar-refractivity contribution in [3.05, 3.63) is 60.4 Å². The monoisotopic (exact) mass is 377 g/mol. The van der Waals surface area contributed by atoms with E-state index in [-0.39, 0.29) is 18.0 Å². The molecule has 0 radical (unpaired) electrons. The zero-order chi connectivity index (χ0) is 19.5. The van der Waals surface area contributed by atoms with Crippen molar-refractivity contribution >= 4 is 22.6 Å². The lowest BCUT2D eigenvalue weighted by Crippen LogP contribution is -2.58. The number of pyridine rings is 1. The van der Waals surface area contributed by atoms with Gasteiger partial charge < -0.3 is 20.5 Å². The summed E-state index contributed by atoms with van der Waals surface area (Å²) in [6, 6.07) is 14.3. The Labute approximate surface area is 165 Å². The fourth-order valence-corrected chi connectivity index (χ4v) is 4.07. The van der Waals surface area contributed by atoms with Gasteiger partial charge in [-0.05, 0) is 30.5 Å². The van der Waals surface area contributed by atoms with Crippen LogP contribution in [-0.4, -0.2) is 53.0 Å². The number of H-pyrrole nitrogens is 1.